The molecule has 1 N–H and O–H groups in total. The third-order valence-electron chi connectivity index (χ3n) is 5.28. The van der Waals surface area contributed by atoms with Gasteiger partial charge in [0, 0.05) is 42.1 Å². The number of carbonyl (C=O) groups is 1. The quantitative estimate of drug-likeness (QED) is 0.390. The van der Waals surface area contributed by atoms with Crippen LogP contribution in [-0.4, -0.2) is 34.1 Å². The van der Waals surface area contributed by atoms with Gasteiger partial charge in [-0.3, -0.25) is 14.8 Å². The average Bonchev–Trinajstić information content (AvgIpc) is 3.65. The van der Waals surface area contributed by atoms with E-state index in [0.29, 0.717) is 22.3 Å². The molecule has 1 fully saturated rings. The van der Waals surface area contributed by atoms with Gasteiger partial charge in [-0.1, -0.05) is 0 Å². The summed E-state index contributed by atoms with van der Waals surface area (Å²) in [5, 5.41) is 2.86. The number of ether oxygens (including phenoxy) is 3. The van der Waals surface area contributed by atoms with Crippen molar-refractivity contribution in [2.24, 2.45) is 0 Å². The minimum Gasteiger partial charge on any atom is -0.489 e. The summed E-state index contributed by atoms with van der Waals surface area (Å²) >= 11 is 0. The van der Waals surface area contributed by atoms with E-state index in [1.54, 1.807) is 19.1 Å². The Kier molecular flexibility index (Phi) is 5.86. The molecule has 5 rings (SSSR count). The van der Waals surface area contributed by atoms with Gasteiger partial charge in [0.15, 0.2) is 17.4 Å². The van der Waals surface area contributed by atoms with Crippen LogP contribution in [-0.2, 0) is 0 Å². The van der Waals surface area contributed by atoms with Crippen LogP contribution in [0.4, 0.5) is 14.5 Å². The monoisotopic (exact) mass is 478 g/mol. The van der Waals surface area contributed by atoms with Crippen molar-refractivity contribution in [1.82, 2.24) is 15.0 Å². The molecule has 3 aromatic heterocycles. The molecule has 1 saturated carbocycles. The summed E-state index contributed by atoms with van der Waals surface area (Å²) in [5.41, 5.74) is 1.24. The third kappa shape index (κ3) is 4.68. The van der Waals surface area contributed by atoms with Crippen molar-refractivity contribution < 1.29 is 27.8 Å². The summed E-state index contributed by atoms with van der Waals surface area (Å²) < 4.78 is 46.5. The van der Waals surface area contributed by atoms with Crippen molar-refractivity contribution in [1.29, 1.82) is 0 Å². The second kappa shape index (κ2) is 9.13. The largest absolute Gasteiger partial charge is 0.489 e. The van der Waals surface area contributed by atoms with Gasteiger partial charge in [-0.2, -0.15) is 0 Å². The predicted octanol–water partition coefficient (Wildman–Crippen LogP) is 5.21. The van der Waals surface area contributed by atoms with E-state index < -0.39 is 23.3 Å². The number of halogens is 2. The molecule has 1 aliphatic carbocycles. The highest BCUT2D eigenvalue weighted by atomic mass is 19.1. The van der Waals surface area contributed by atoms with E-state index in [4.69, 9.17) is 14.2 Å². The molecule has 0 aliphatic heterocycles. The van der Waals surface area contributed by atoms with Crippen molar-refractivity contribution in [3.63, 3.8) is 0 Å². The van der Waals surface area contributed by atoms with E-state index in [1.165, 1.54) is 31.8 Å². The van der Waals surface area contributed by atoms with Crippen molar-refractivity contribution in [2.75, 3.05) is 12.4 Å². The molecule has 8 nitrogen and oxygen atoms in total. The number of fused-ring (bicyclic) bond motifs is 1. The Morgan fingerprint density at radius 1 is 1.09 bits per heavy atom. The van der Waals surface area contributed by atoms with E-state index >= 15 is 0 Å². The number of benzene rings is 1. The lowest BCUT2D eigenvalue weighted by Gasteiger charge is -2.14. The lowest BCUT2D eigenvalue weighted by atomic mass is 10.2. The number of amides is 1. The van der Waals surface area contributed by atoms with Crippen LogP contribution in [0.15, 0.2) is 48.9 Å². The molecule has 1 aromatic carbocycles. The zero-order valence-electron chi connectivity index (χ0n) is 18.8. The van der Waals surface area contributed by atoms with Crippen LogP contribution in [0, 0.1) is 18.6 Å². The minimum atomic E-state index is -1.01. The number of aryl methyl sites for hydroxylation is 1. The maximum atomic E-state index is 14.9. The number of carbonyl (C=O) groups excluding carboxylic acids is 1. The number of aromatic nitrogens is 3. The third-order valence-corrected chi connectivity index (χ3v) is 5.28. The Morgan fingerprint density at radius 3 is 2.54 bits per heavy atom. The van der Waals surface area contributed by atoms with Crippen molar-refractivity contribution >= 4 is 22.5 Å². The molecular weight excluding hydrogens is 458 g/mol. The summed E-state index contributed by atoms with van der Waals surface area (Å²) in [4.78, 5) is 25.2. The van der Waals surface area contributed by atoms with Crippen LogP contribution in [0.2, 0.25) is 0 Å². The van der Waals surface area contributed by atoms with Gasteiger partial charge >= 0.3 is 0 Å². The number of hydrogen-bond donors (Lipinski definition) is 1. The molecular formula is C25H20F2N4O4. The lowest BCUT2D eigenvalue weighted by Crippen LogP contribution is -2.15. The van der Waals surface area contributed by atoms with Gasteiger partial charge in [0.05, 0.1) is 24.3 Å². The fourth-order valence-corrected chi connectivity index (χ4v) is 3.52. The SMILES string of the molecule is COc1nc(C)cc2nccc(Oc3c(F)cc(NC(=O)c4cnccc4OC4CC4)cc3F)c12. The van der Waals surface area contributed by atoms with Gasteiger partial charge in [0.25, 0.3) is 5.91 Å². The molecule has 0 unspecified atom stereocenters. The van der Waals surface area contributed by atoms with Gasteiger partial charge in [-0.05, 0) is 38.0 Å². The van der Waals surface area contributed by atoms with Gasteiger partial charge in [-0.25, -0.2) is 13.8 Å². The highest BCUT2D eigenvalue weighted by Gasteiger charge is 2.26. The first-order valence-electron chi connectivity index (χ1n) is 10.8. The molecule has 1 amide bonds. The van der Waals surface area contributed by atoms with Gasteiger partial charge < -0.3 is 19.5 Å². The number of methoxy groups -OCH3 is 1. The van der Waals surface area contributed by atoms with E-state index in [1.807, 2.05) is 0 Å². The first kappa shape index (κ1) is 22.5. The number of hydrogen-bond acceptors (Lipinski definition) is 7. The Labute approximate surface area is 198 Å². The molecule has 0 saturated heterocycles. The van der Waals surface area contributed by atoms with Crippen molar-refractivity contribution in [3.05, 3.63) is 71.8 Å². The molecule has 0 bridgehead atoms. The maximum absolute atomic E-state index is 14.9. The fourth-order valence-electron chi connectivity index (χ4n) is 3.52. The van der Waals surface area contributed by atoms with Gasteiger partial charge in [0.1, 0.15) is 16.9 Å². The van der Waals surface area contributed by atoms with Gasteiger partial charge in [0.2, 0.25) is 5.88 Å². The molecule has 3 heterocycles. The standard InChI is InChI=1S/C25H20F2N4O4/c1-13-9-19-22(25(30-13)33-2)21(6-8-29-19)35-23-17(26)10-14(11-18(23)27)31-24(32)16-12-28-7-5-20(16)34-15-3-4-15/h5-12,15H,3-4H2,1-2H3,(H,31,32). The molecule has 10 heteroatoms. The molecule has 4 aromatic rings. The molecule has 0 spiro atoms. The number of nitrogens with zero attached hydrogens (tertiary/aromatic N) is 3. The molecule has 0 atom stereocenters. The topological polar surface area (TPSA) is 95.5 Å². The molecule has 35 heavy (non-hydrogen) atoms. The zero-order valence-corrected chi connectivity index (χ0v) is 18.8. The highest BCUT2D eigenvalue weighted by Crippen LogP contribution is 2.37. The predicted molar refractivity (Wildman–Crippen MR) is 123 cm³/mol. The smallest absolute Gasteiger partial charge is 0.261 e. The van der Waals surface area contributed by atoms with Crippen LogP contribution in [0.5, 0.6) is 23.1 Å². The molecule has 178 valence electrons. The fraction of sp³-hybridized carbons (Fsp3) is 0.200. The number of nitrogens with one attached hydrogen (secondary N) is 1. The highest BCUT2D eigenvalue weighted by molar-refractivity contribution is 6.06. The van der Waals surface area contributed by atoms with E-state index in [-0.39, 0.29) is 29.0 Å². The summed E-state index contributed by atoms with van der Waals surface area (Å²) in [6.07, 6.45) is 6.20. The average molecular weight is 478 g/mol. The van der Waals surface area contributed by atoms with Gasteiger partial charge in [-0.15, -0.1) is 0 Å². The Morgan fingerprint density at radius 2 is 1.83 bits per heavy atom. The maximum Gasteiger partial charge on any atom is 0.261 e. The van der Waals surface area contributed by atoms with E-state index in [9.17, 15) is 13.6 Å². The van der Waals surface area contributed by atoms with Crippen LogP contribution in [0.25, 0.3) is 10.9 Å². The molecule has 1 aliphatic rings. The summed E-state index contributed by atoms with van der Waals surface area (Å²) in [6, 6.07) is 6.68. The Hall–Kier alpha value is -4.34. The summed E-state index contributed by atoms with van der Waals surface area (Å²) in [5.74, 6) is -2.57. The first-order valence-corrected chi connectivity index (χ1v) is 10.8. The molecule has 0 radical (unpaired) electrons. The minimum absolute atomic E-state index is 0.0669. The van der Waals surface area contributed by atoms with Crippen LogP contribution in [0.3, 0.4) is 0 Å². The summed E-state index contributed by atoms with van der Waals surface area (Å²) in [6.45, 7) is 1.77. The van der Waals surface area contributed by atoms with Crippen LogP contribution < -0.4 is 19.5 Å². The van der Waals surface area contributed by atoms with E-state index in [2.05, 4.69) is 20.3 Å². The number of pyridine rings is 3. The second-order valence-electron chi connectivity index (χ2n) is 7.99. The Bertz CT molecular complexity index is 1420. The summed E-state index contributed by atoms with van der Waals surface area (Å²) in [7, 11) is 1.43. The lowest BCUT2D eigenvalue weighted by molar-refractivity contribution is 0.102. The number of anilines is 1. The van der Waals surface area contributed by atoms with Crippen LogP contribution in [0.1, 0.15) is 28.9 Å². The van der Waals surface area contributed by atoms with Crippen molar-refractivity contribution in [3.8, 4) is 23.1 Å². The zero-order chi connectivity index (χ0) is 24.5. The normalized spacial score (nSPS) is 12.9. The van der Waals surface area contributed by atoms with E-state index in [0.717, 1.165) is 25.0 Å². The second-order valence-corrected chi connectivity index (χ2v) is 7.99. The van der Waals surface area contributed by atoms with Crippen LogP contribution >= 0.6 is 0 Å². The van der Waals surface area contributed by atoms with Crippen molar-refractivity contribution in [2.45, 2.75) is 25.9 Å². The first-order chi connectivity index (χ1) is 16.9. The Balaban J connectivity index is 1.42. The number of rotatable bonds is 7.